The molecule has 0 aliphatic carbocycles. The van der Waals surface area contributed by atoms with Crippen LogP contribution in [0.4, 0.5) is 10.1 Å². The molecule has 1 fully saturated rings. The summed E-state index contributed by atoms with van der Waals surface area (Å²) in [5, 5.41) is 23.2. The van der Waals surface area contributed by atoms with E-state index in [4.69, 9.17) is 0 Å². The maximum atomic E-state index is 13.3. The third-order valence-electron chi connectivity index (χ3n) is 2.72. The van der Waals surface area contributed by atoms with Crippen LogP contribution in [0.15, 0.2) is 12.1 Å². The Kier molecular flexibility index (Phi) is 2.74. The van der Waals surface area contributed by atoms with Gasteiger partial charge in [-0.15, -0.1) is 0 Å². The average molecular weight is 226 g/mol. The predicted molar refractivity (Wildman–Crippen MR) is 54.7 cm³/mol. The maximum Gasteiger partial charge on any atom is 0.272 e. The number of nitro benzene ring substituents is 1. The highest BCUT2D eigenvalue weighted by Gasteiger charge is 2.24. The summed E-state index contributed by atoms with van der Waals surface area (Å²) in [4.78, 5) is 9.90. The minimum atomic E-state index is -0.946. The van der Waals surface area contributed by atoms with Gasteiger partial charge >= 0.3 is 0 Å². The summed E-state index contributed by atoms with van der Waals surface area (Å²) in [6.07, 6.45) is 1.66. The number of rotatable bonds is 2. The van der Waals surface area contributed by atoms with Crippen LogP contribution < -0.4 is 5.32 Å². The highest BCUT2D eigenvalue weighted by atomic mass is 19.1. The quantitative estimate of drug-likeness (QED) is 0.596. The summed E-state index contributed by atoms with van der Waals surface area (Å²) >= 11 is 0. The second kappa shape index (κ2) is 4.05. The van der Waals surface area contributed by atoms with Gasteiger partial charge < -0.3 is 10.4 Å². The van der Waals surface area contributed by atoms with Gasteiger partial charge in [0.25, 0.3) is 5.69 Å². The number of aromatic hydroxyl groups is 1. The zero-order valence-electron chi connectivity index (χ0n) is 8.44. The molecule has 1 heterocycles. The van der Waals surface area contributed by atoms with Crippen molar-refractivity contribution in [2.24, 2.45) is 0 Å². The summed E-state index contributed by atoms with van der Waals surface area (Å²) in [7, 11) is 0. The second-order valence-electron chi connectivity index (χ2n) is 3.77. The molecule has 2 N–H and O–H groups in total. The molecular formula is C10H11FN2O3. The van der Waals surface area contributed by atoms with Gasteiger partial charge in [-0.1, -0.05) is 0 Å². The van der Waals surface area contributed by atoms with E-state index < -0.39 is 16.5 Å². The van der Waals surface area contributed by atoms with Crippen molar-refractivity contribution < 1.29 is 14.4 Å². The number of hydrogen-bond acceptors (Lipinski definition) is 4. The maximum absolute atomic E-state index is 13.3. The second-order valence-corrected chi connectivity index (χ2v) is 3.77. The van der Waals surface area contributed by atoms with Gasteiger partial charge in [0.2, 0.25) is 0 Å². The highest BCUT2D eigenvalue weighted by molar-refractivity contribution is 5.46. The number of hydrogen-bond donors (Lipinski definition) is 2. The molecule has 1 aliphatic heterocycles. The topological polar surface area (TPSA) is 75.4 Å². The van der Waals surface area contributed by atoms with E-state index >= 15 is 0 Å². The molecule has 1 aromatic carbocycles. The Bertz CT molecular complexity index is 430. The van der Waals surface area contributed by atoms with Crippen LogP contribution >= 0.6 is 0 Å². The molecule has 6 heteroatoms. The van der Waals surface area contributed by atoms with E-state index in [1.807, 2.05) is 0 Å². The molecule has 1 saturated heterocycles. The Hall–Kier alpha value is -1.69. The molecule has 0 spiro atoms. The molecule has 1 atom stereocenters. The van der Waals surface area contributed by atoms with E-state index in [2.05, 4.69) is 5.32 Å². The van der Waals surface area contributed by atoms with Crippen molar-refractivity contribution >= 4 is 5.69 Å². The standard InChI is InChI=1S/C10H11FN2O3/c11-8-5-6(13(15)16)4-7(10(8)14)9-2-1-3-12-9/h4-5,9,12,14H,1-3H2/t9-/m0/s1. The molecular weight excluding hydrogens is 215 g/mol. The van der Waals surface area contributed by atoms with Gasteiger partial charge in [0.15, 0.2) is 11.6 Å². The number of nitro groups is 1. The lowest BCUT2D eigenvalue weighted by Crippen LogP contribution is -2.13. The first-order valence-corrected chi connectivity index (χ1v) is 5.00. The SMILES string of the molecule is O=[N+]([O-])c1cc(F)c(O)c([C@@H]2CCCN2)c1. The van der Waals surface area contributed by atoms with Crippen LogP contribution in [0.3, 0.4) is 0 Å². The average Bonchev–Trinajstić information content (AvgIpc) is 2.74. The van der Waals surface area contributed by atoms with Crippen LogP contribution in [-0.4, -0.2) is 16.6 Å². The number of halogens is 1. The Balaban J connectivity index is 2.45. The largest absolute Gasteiger partial charge is 0.505 e. The molecule has 1 aliphatic rings. The predicted octanol–water partition coefficient (Wildman–Crippen LogP) is 1.86. The molecule has 0 bridgehead atoms. The summed E-state index contributed by atoms with van der Waals surface area (Å²) < 4.78 is 13.3. The number of phenols is 1. The fraction of sp³-hybridized carbons (Fsp3) is 0.400. The molecule has 1 aromatic rings. The Labute approximate surface area is 91.0 Å². The van der Waals surface area contributed by atoms with Crippen molar-refractivity contribution in [2.45, 2.75) is 18.9 Å². The molecule has 0 aromatic heterocycles. The van der Waals surface area contributed by atoms with Gasteiger partial charge in [-0.3, -0.25) is 10.1 Å². The number of benzene rings is 1. The lowest BCUT2D eigenvalue weighted by Gasteiger charge is -2.12. The first-order valence-electron chi connectivity index (χ1n) is 5.00. The van der Waals surface area contributed by atoms with Crippen molar-refractivity contribution in [3.8, 4) is 5.75 Å². The van der Waals surface area contributed by atoms with Crippen LogP contribution in [0.2, 0.25) is 0 Å². The number of nitrogens with zero attached hydrogens (tertiary/aromatic N) is 1. The first-order chi connectivity index (χ1) is 7.59. The smallest absolute Gasteiger partial charge is 0.272 e. The van der Waals surface area contributed by atoms with Crippen molar-refractivity contribution in [1.82, 2.24) is 5.32 Å². The lowest BCUT2D eigenvalue weighted by molar-refractivity contribution is -0.385. The minimum absolute atomic E-state index is 0.200. The molecule has 16 heavy (non-hydrogen) atoms. The third kappa shape index (κ3) is 1.83. The molecule has 86 valence electrons. The zero-order chi connectivity index (χ0) is 11.7. The molecule has 2 rings (SSSR count). The van der Waals surface area contributed by atoms with Gasteiger partial charge in [0, 0.05) is 17.7 Å². The highest BCUT2D eigenvalue weighted by Crippen LogP contribution is 2.34. The zero-order valence-corrected chi connectivity index (χ0v) is 8.44. The van der Waals surface area contributed by atoms with Gasteiger partial charge in [-0.2, -0.15) is 0 Å². The molecule has 0 radical (unpaired) electrons. The Morgan fingerprint density at radius 2 is 2.31 bits per heavy atom. The number of phenolic OH excluding ortho intramolecular Hbond substituents is 1. The summed E-state index contributed by atoms with van der Waals surface area (Å²) in [5.74, 6) is -1.44. The van der Waals surface area contributed by atoms with Crippen LogP contribution in [-0.2, 0) is 0 Å². The normalized spacial score (nSPS) is 19.9. The van der Waals surface area contributed by atoms with Crippen LogP contribution in [0, 0.1) is 15.9 Å². The Morgan fingerprint density at radius 1 is 1.56 bits per heavy atom. The van der Waals surface area contributed by atoms with Crippen molar-refractivity contribution in [2.75, 3.05) is 6.54 Å². The lowest BCUT2D eigenvalue weighted by atomic mass is 10.0. The molecule has 0 amide bonds. The summed E-state index contributed by atoms with van der Waals surface area (Å²) in [5.41, 5.74) is -0.0665. The van der Waals surface area contributed by atoms with E-state index in [-0.39, 0.29) is 17.3 Å². The molecule has 0 saturated carbocycles. The van der Waals surface area contributed by atoms with Crippen LogP contribution in [0.5, 0.6) is 5.75 Å². The van der Waals surface area contributed by atoms with Crippen molar-refractivity contribution in [3.05, 3.63) is 33.6 Å². The van der Waals surface area contributed by atoms with Crippen molar-refractivity contribution in [3.63, 3.8) is 0 Å². The van der Waals surface area contributed by atoms with E-state index in [1.54, 1.807) is 0 Å². The molecule has 5 nitrogen and oxygen atoms in total. The number of nitrogens with one attached hydrogen (secondary N) is 1. The molecule has 0 unspecified atom stereocenters. The first kappa shape index (κ1) is 10.8. The van der Waals surface area contributed by atoms with Gasteiger partial charge in [0.1, 0.15) is 0 Å². The van der Waals surface area contributed by atoms with E-state index in [9.17, 15) is 19.6 Å². The van der Waals surface area contributed by atoms with E-state index in [0.29, 0.717) is 0 Å². The third-order valence-corrected chi connectivity index (χ3v) is 2.72. The van der Waals surface area contributed by atoms with E-state index in [1.165, 1.54) is 6.07 Å². The number of non-ortho nitro benzene ring substituents is 1. The van der Waals surface area contributed by atoms with Gasteiger partial charge in [-0.05, 0) is 19.4 Å². The van der Waals surface area contributed by atoms with Crippen LogP contribution in [0.1, 0.15) is 24.4 Å². The van der Waals surface area contributed by atoms with Gasteiger partial charge in [-0.25, -0.2) is 4.39 Å². The Morgan fingerprint density at radius 3 is 2.88 bits per heavy atom. The van der Waals surface area contributed by atoms with Crippen LogP contribution in [0.25, 0.3) is 0 Å². The van der Waals surface area contributed by atoms with Gasteiger partial charge in [0.05, 0.1) is 11.0 Å². The summed E-state index contributed by atoms with van der Waals surface area (Å²) in [6.45, 7) is 0.772. The van der Waals surface area contributed by atoms with Crippen molar-refractivity contribution in [1.29, 1.82) is 0 Å². The fourth-order valence-electron chi connectivity index (χ4n) is 1.93. The summed E-state index contributed by atoms with van der Waals surface area (Å²) in [6, 6.07) is 1.75. The fourth-order valence-corrected chi connectivity index (χ4v) is 1.93. The van der Waals surface area contributed by atoms with E-state index in [0.717, 1.165) is 25.5 Å². The monoisotopic (exact) mass is 226 g/mol. The minimum Gasteiger partial charge on any atom is -0.505 e.